The number of thioether (sulfide) groups is 1. The zero-order valence-corrected chi connectivity index (χ0v) is 11.6. The molecule has 0 saturated carbocycles. The highest BCUT2D eigenvalue weighted by Gasteiger charge is 2.00. The molecule has 5 nitrogen and oxygen atoms in total. The van der Waals surface area contributed by atoms with Gasteiger partial charge < -0.3 is 10.1 Å². The van der Waals surface area contributed by atoms with Crippen molar-refractivity contribution in [2.75, 3.05) is 25.2 Å². The number of aromatic nitrogens is 2. The first-order valence-corrected chi connectivity index (χ1v) is 7.15. The van der Waals surface area contributed by atoms with E-state index in [1.807, 2.05) is 12.3 Å². The summed E-state index contributed by atoms with van der Waals surface area (Å²) in [5, 5.41) is 4.20. The van der Waals surface area contributed by atoms with E-state index in [2.05, 4.69) is 20.0 Å². The molecule has 18 heavy (non-hydrogen) atoms. The van der Waals surface area contributed by atoms with Crippen LogP contribution >= 0.6 is 11.8 Å². The lowest BCUT2D eigenvalue weighted by Gasteiger charge is -2.05. The third-order valence-corrected chi connectivity index (χ3v) is 3.08. The van der Waals surface area contributed by atoms with Gasteiger partial charge in [0.05, 0.1) is 7.11 Å². The number of ether oxygens (including phenoxy) is 1. The van der Waals surface area contributed by atoms with E-state index < -0.39 is 0 Å². The van der Waals surface area contributed by atoms with Crippen molar-refractivity contribution in [1.82, 2.24) is 9.97 Å². The fourth-order valence-electron chi connectivity index (χ4n) is 1.44. The number of unbranched alkanes of at least 4 members (excludes halogenated alkanes) is 2. The number of carbonyl (C=O) groups is 1. The van der Waals surface area contributed by atoms with Crippen molar-refractivity contribution in [2.24, 2.45) is 0 Å². The van der Waals surface area contributed by atoms with Gasteiger partial charge in [0.15, 0.2) is 0 Å². The summed E-state index contributed by atoms with van der Waals surface area (Å²) in [6.45, 7) is 0.853. The number of hydrogen-bond acceptors (Lipinski definition) is 6. The van der Waals surface area contributed by atoms with Crippen molar-refractivity contribution >= 4 is 23.5 Å². The minimum absolute atomic E-state index is 0.136. The first kappa shape index (κ1) is 14.8. The van der Waals surface area contributed by atoms with Crippen LogP contribution in [0.3, 0.4) is 0 Å². The predicted octanol–water partition coefficient (Wildman–Crippen LogP) is 2.34. The van der Waals surface area contributed by atoms with Crippen LogP contribution in [0.5, 0.6) is 0 Å². The van der Waals surface area contributed by atoms with E-state index >= 15 is 0 Å². The van der Waals surface area contributed by atoms with Crippen molar-refractivity contribution in [2.45, 2.75) is 30.7 Å². The van der Waals surface area contributed by atoms with Gasteiger partial charge in [0.1, 0.15) is 17.2 Å². The summed E-state index contributed by atoms with van der Waals surface area (Å²) in [6, 6.07) is 1.93. The summed E-state index contributed by atoms with van der Waals surface area (Å²) in [5.74, 6) is 0.714. The molecule has 0 aliphatic heterocycles. The maximum Gasteiger partial charge on any atom is 0.305 e. The Bertz CT molecular complexity index is 374. The van der Waals surface area contributed by atoms with Gasteiger partial charge in [0.25, 0.3) is 0 Å². The number of hydrogen-bond donors (Lipinski definition) is 1. The Hall–Kier alpha value is -1.30. The molecule has 0 atom stereocenters. The third kappa shape index (κ3) is 5.86. The molecule has 0 unspecified atom stereocenters. The van der Waals surface area contributed by atoms with E-state index in [1.54, 1.807) is 18.1 Å². The van der Waals surface area contributed by atoms with Crippen LogP contribution in [0.15, 0.2) is 17.4 Å². The molecular formula is C12H19N3O2S. The maximum atomic E-state index is 10.9. The number of nitrogens with zero attached hydrogens (tertiary/aromatic N) is 2. The smallest absolute Gasteiger partial charge is 0.305 e. The number of rotatable bonds is 8. The second kappa shape index (κ2) is 8.74. The third-order valence-electron chi connectivity index (χ3n) is 2.44. The lowest BCUT2D eigenvalue weighted by Crippen LogP contribution is -2.04. The summed E-state index contributed by atoms with van der Waals surface area (Å²) in [7, 11) is 1.42. The number of methoxy groups -OCH3 is 1. The molecule has 1 heterocycles. The van der Waals surface area contributed by atoms with E-state index in [0.717, 1.165) is 36.7 Å². The molecule has 0 fully saturated rings. The fourth-order valence-corrected chi connectivity index (χ4v) is 1.82. The lowest BCUT2D eigenvalue weighted by molar-refractivity contribution is -0.140. The zero-order valence-electron chi connectivity index (χ0n) is 10.8. The first-order valence-electron chi connectivity index (χ1n) is 5.93. The minimum Gasteiger partial charge on any atom is -0.469 e. The molecule has 0 bridgehead atoms. The number of carbonyl (C=O) groups excluding carboxylic acids is 1. The molecule has 0 aliphatic carbocycles. The van der Waals surface area contributed by atoms with Gasteiger partial charge in [-0.1, -0.05) is 6.42 Å². The monoisotopic (exact) mass is 269 g/mol. The summed E-state index contributed by atoms with van der Waals surface area (Å²) >= 11 is 1.59. The van der Waals surface area contributed by atoms with Crippen LogP contribution in [0.2, 0.25) is 0 Å². The molecule has 100 valence electrons. The van der Waals surface area contributed by atoms with Gasteiger partial charge in [-0.2, -0.15) is 0 Å². The Labute approximate surface area is 112 Å². The molecule has 0 saturated heterocycles. The standard InChI is InChI=1S/C12H19N3O2S/c1-17-12(16)6-4-3-5-7-13-10-8-11(18-2)15-9-14-10/h8-9H,3-7H2,1-2H3,(H,13,14,15). The van der Waals surface area contributed by atoms with E-state index in [1.165, 1.54) is 7.11 Å². The second-order valence-electron chi connectivity index (χ2n) is 3.76. The topological polar surface area (TPSA) is 64.1 Å². The molecule has 6 heteroatoms. The molecule has 0 aromatic carbocycles. The highest BCUT2D eigenvalue weighted by molar-refractivity contribution is 7.98. The van der Waals surface area contributed by atoms with Crippen molar-refractivity contribution in [1.29, 1.82) is 0 Å². The van der Waals surface area contributed by atoms with Gasteiger partial charge in [-0.3, -0.25) is 4.79 Å². The summed E-state index contributed by atoms with van der Waals surface area (Å²) in [6.07, 6.45) is 6.93. The summed E-state index contributed by atoms with van der Waals surface area (Å²) < 4.78 is 4.58. The Balaban J connectivity index is 2.12. The quantitative estimate of drug-likeness (QED) is 0.338. The number of esters is 1. The number of anilines is 1. The van der Waals surface area contributed by atoms with Gasteiger partial charge in [-0.15, -0.1) is 11.8 Å². The van der Waals surface area contributed by atoms with E-state index in [-0.39, 0.29) is 5.97 Å². The molecule has 1 aromatic heterocycles. The minimum atomic E-state index is -0.136. The SMILES string of the molecule is COC(=O)CCCCCNc1cc(SC)ncn1. The Morgan fingerprint density at radius 3 is 2.94 bits per heavy atom. The molecule has 0 radical (unpaired) electrons. The zero-order chi connectivity index (χ0) is 13.2. The van der Waals surface area contributed by atoms with Crippen LogP contribution in [-0.2, 0) is 9.53 Å². The molecule has 0 amide bonds. The Morgan fingerprint density at radius 1 is 1.39 bits per heavy atom. The van der Waals surface area contributed by atoms with Crippen molar-refractivity contribution in [3.05, 3.63) is 12.4 Å². The van der Waals surface area contributed by atoms with Crippen LogP contribution in [0.4, 0.5) is 5.82 Å². The highest BCUT2D eigenvalue weighted by atomic mass is 32.2. The highest BCUT2D eigenvalue weighted by Crippen LogP contribution is 2.13. The van der Waals surface area contributed by atoms with E-state index in [9.17, 15) is 4.79 Å². The average Bonchev–Trinajstić information content (AvgIpc) is 2.42. The van der Waals surface area contributed by atoms with Crippen LogP contribution in [0.25, 0.3) is 0 Å². The van der Waals surface area contributed by atoms with E-state index in [4.69, 9.17) is 0 Å². The van der Waals surface area contributed by atoms with Crippen molar-refractivity contribution < 1.29 is 9.53 Å². The molecular weight excluding hydrogens is 250 g/mol. The van der Waals surface area contributed by atoms with Crippen LogP contribution < -0.4 is 5.32 Å². The number of nitrogens with one attached hydrogen (secondary N) is 1. The largest absolute Gasteiger partial charge is 0.469 e. The summed E-state index contributed by atoms with van der Waals surface area (Å²) in [5.41, 5.74) is 0. The molecule has 0 aliphatic rings. The fraction of sp³-hybridized carbons (Fsp3) is 0.583. The van der Waals surface area contributed by atoms with Crippen LogP contribution in [-0.4, -0.2) is 35.8 Å². The van der Waals surface area contributed by atoms with E-state index in [0.29, 0.717) is 6.42 Å². The average molecular weight is 269 g/mol. The molecule has 0 spiro atoms. The van der Waals surface area contributed by atoms with Crippen molar-refractivity contribution in [3.8, 4) is 0 Å². The predicted molar refractivity (Wildman–Crippen MR) is 72.8 cm³/mol. The second-order valence-corrected chi connectivity index (χ2v) is 4.59. The molecule has 1 N–H and O–H groups in total. The summed E-state index contributed by atoms with van der Waals surface area (Å²) in [4.78, 5) is 19.1. The first-order chi connectivity index (χ1) is 8.76. The maximum absolute atomic E-state index is 10.9. The normalized spacial score (nSPS) is 10.1. The Morgan fingerprint density at radius 2 is 2.22 bits per heavy atom. The Kier molecular flexibility index (Phi) is 7.17. The van der Waals surface area contributed by atoms with Crippen molar-refractivity contribution in [3.63, 3.8) is 0 Å². The van der Waals surface area contributed by atoms with Gasteiger partial charge >= 0.3 is 5.97 Å². The molecule has 1 rings (SSSR count). The lowest BCUT2D eigenvalue weighted by atomic mass is 10.2. The van der Waals surface area contributed by atoms with Gasteiger partial charge in [-0.05, 0) is 19.1 Å². The van der Waals surface area contributed by atoms with Gasteiger partial charge in [0, 0.05) is 19.0 Å². The van der Waals surface area contributed by atoms with Crippen LogP contribution in [0, 0.1) is 0 Å². The van der Waals surface area contributed by atoms with Gasteiger partial charge in [0.2, 0.25) is 0 Å². The molecule has 1 aromatic rings. The van der Waals surface area contributed by atoms with Gasteiger partial charge in [-0.25, -0.2) is 9.97 Å². The van der Waals surface area contributed by atoms with Crippen LogP contribution in [0.1, 0.15) is 25.7 Å².